The van der Waals surface area contributed by atoms with Crippen LogP contribution in [0.3, 0.4) is 0 Å². The van der Waals surface area contributed by atoms with Crippen molar-refractivity contribution in [3.05, 3.63) is 90.0 Å². The lowest BCUT2D eigenvalue weighted by atomic mass is 10.1. The van der Waals surface area contributed by atoms with Crippen LogP contribution in [0.4, 0.5) is 11.4 Å². The molecule has 164 valence electrons. The Kier molecular flexibility index (Phi) is 7.94. The van der Waals surface area contributed by atoms with Gasteiger partial charge in [0.15, 0.2) is 5.11 Å². The van der Waals surface area contributed by atoms with E-state index in [-0.39, 0.29) is 16.9 Å². The minimum atomic E-state index is -0.366. The number of thiocarbonyl (C=S) groups is 1. The van der Waals surface area contributed by atoms with E-state index in [0.29, 0.717) is 29.3 Å². The quantitative estimate of drug-likeness (QED) is 0.525. The molecule has 0 saturated carbocycles. The van der Waals surface area contributed by atoms with E-state index in [4.69, 9.17) is 17.0 Å². The first-order valence-corrected chi connectivity index (χ1v) is 10.6. The van der Waals surface area contributed by atoms with Gasteiger partial charge in [0, 0.05) is 31.8 Å². The first-order valence-electron chi connectivity index (χ1n) is 10.2. The van der Waals surface area contributed by atoms with Gasteiger partial charge in [-0.2, -0.15) is 0 Å². The first-order chi connectivity index (χ1) is 15.4. The molecular formula is C25H25N3O3S. The van der Waals surface area contributed by atoms with Crippen molar-refractivity contribution < 1.29 is 14.3 Å². The van der Waals surface area contributed by atoms with Crippen molar-refractivity contribution in [2.75, 3.05) is 23.9 Å². The highest BCUT2D eigenvalue weighted by Gasteiger charge is 2.14. The Labute approximate surface area is 193 Å². The molecular weight excluding hydrogens is 422 g/mol. The van der Waals surface area contributed by atoms with Crippen molar-refractivity contribution >= 4 is 40.5 Å². The van der Waals surface area contributed by atoms with Crippen molar-refractivity contribution in [3.8, 4) is 5.75 Å². The fraction of sp³-hybridized carbons (Fsp3) is 0.160. The Morgan fingerprint density at radius 1 is 0.969 bits per heavy atom. The summed E-state index contributed by atoms with van der Waals surface area (Å²) >= 11 is 5.30. The zero-order valence-corrected chi connectivity index (χ0v) is 18.8. The van der Waals surface area contributed by atoms with E-state index in [1.165, 1.54) is 11.8 Å². The van der Waals surface area contributed by atoms with Crippen LogP contribution in [0.1, 0.15) is 22.8 Å². The molecule has 0 atom stereocenters. The number of hydrogen-bond acceptors (Lipinski definition) is 4. The van der Waals surface area contributed by atoms with Crippen LogP contribution in [-0.4, -0.2) is 30.6 Å². The highest BCUT2D eigenvalue weighted by molar-refractivity contribution is 7.80. The normalized spacial score (nSPS) is 10.2. The van der Waals surface area contributed by atoms with Gasteiger partial charge in [0.05, 0.1) is 12.2 Å². The predicted molar refractivity (Wildman–Crippen MR) is 131 cm³/mol. The Morgan fingerprint density at radius 2 is 1.69 bits per heavy atom. The zero-order valence-electron chi connectivity index (χ0n) is 18.0. The fourth-order valence-corrected chi connectivity index (χ4v) is 3.22. The molecule has 0 heterocycles. The van der Waals surface area contributed by atoms with Crippen LogP contribution in [0.15, 0.2) is 78.9 Å². The van der Waals surface area contributed by atoms with Crippen LogP contribution in [0.2, 0.25) is 0 Å². The van der Waals surface area contributed by atoms with Gasteiger partial charge in [0.25, 0.3) is 5.91 Å². The van der Waals surface area contributed by atoms with Crippen LogP contribution in [0.5, 0.6) is 5.75 Å². The summed E-state index contributed by atoms with van der Waals surface area (Å²) in [5.41, 5.74) is 2.94. The Balaban J connectivity index is 1.60. The van der Waals surface area contributed by atoms with E-state index < -0.39 is 0 Å². The van der Waals surface area contributed by atoms with Gasteiger partial charge in [-0.05, 0) is 48.1 Å². The summed E-state index contributed by atoms with van der Waals surface area (Å²) in [7, 11) is 1.69. The van der Waals surface area contributed by atoms with Gasteiger partial charge in [0.1, 0.15) is 5.75 Å². The molecule has 3 aromatic rings. The third-order valence-corrected chi connectivity index (χ3v) is 5.02. The molecule has 32 heavy (non-hydrogen) atoms. The average Bonchev–Trinajstić information content (AvgIpc) is 2.79. The first kappa shape index (κ1) is 23.0. The molecule has 6 nitrogen and oxygen atoms in total. The molecule has 0 aliphatic rings. The SMILES string of the molecule is CC(=O)N(C)c1cccc(NC(=S)NC(=O)c2ccccc2OCCc2ccccc2)c1. The summed E-state index contributed by atoms with van der Waals surface area (Å²) in [6.07, 6.45) is 0.738. The molecule has 0 fully saturated rings. The molecule has 0 radical (unpaired) electrons. The summed E-state index contributed by atoms with van der Waals surface area (Å²) in [5, 5.41) is 5.82. The zero-order chi connectivity index (χ0) is 22.9. The fourth-order valence-electron chi connectivity index (χ4n) is 3.01. The van der Waals surface area contributed by atoms with E-state index in [0.717, 1.165) is 12.0 Å². The average molecular weight is 448 g/mol. The lowest BCUT2D eigenvalue weighted by molar-refractivity contribution is -0.116. The molecule has 0 aliphatic carbocycles. The van der Waals surface area contributed by atoms with E-state index in [1.807, 2.05) is 42.5 Å². The Morgan fingerprint density at radius 3 is 2.44 bits per heavy atom. The maximum atomic E-state index is 12.8. The van der Waals surface area contributed by atoms with Crippen LogP contribution in [0.25, 0.3) is 0 Å². The number of carbonyl (C=O) groups excluding carboxylic acids is 2. The van der Waals surface area contributed by atoms with Crippen LogP contribution < -0.4 is 20.3 Å². The largest absolute Gasteiger partial charge is 0.492 e. The second-order valence-corrected chi connectivity index (χ2v) is 7.53. The lowest BCUT2D eigenvalue weighted by Gasteiger charge is -2.17. The third kappa shape index (κ3) is 6.39. The number of nitrogens with one attached hydrogen (secondary N) is 2. The van der Waals surface area contributed by atoms with Gasteiger partial charge in [0.2, 0.25) is 5.91 Å². The number of nitrogens with zero attached hydrogens (tertiary/aromatic N) is 1. The maximum absolute atomic E-state index is 12.8. The van der Waals surface area contributed by atoms with Gasteiger partial charge in [-0.1, -0.05) is 48.5 Å². The summed E-state index contributed by atoms with van der Waals surface area (Å²) in [5.74, 6) is 0.0468. The van der Waals surface area contributed by atoms with Crippen molar-refractivity contribution in [1.82, 2.24) is 5.32 Å². The molecule has 0 aliphatic heterocycles. The minimum absolute atomic E-state index is 0.0816. The van der Waals surface area contributed by atoms with Crippen molar-refractivity contribution in [1.29, 1.82) is 0 Å². The Bertz CT molecular complexity index is 1100. The molecule has 2 N–H and O–H groups in total. The number of carbonyl (C=O) groups is 2. The molecule has 0 aromatic heterocycles. The molecule has 7 heteroatoms. The third-order valence-electron chi connectivity index (χ3n) is 4.81. The number of benzene rings is 3. The summed E-state index contributed by atoms with van der Waals surface area (Å²) in [4.78, 5) is 25.9. The smallest absolute Gasteiger partial charge is 0.261 e. The summed E-state index contributed by atoms with van der Waals surface area (Å²) in [6.45, 7) is 1.94. The number of hydrogen-bond donors (Lipinski definition) is 2. The summed E-state index contributed by atoms with van der Waals surface area (Å²) in [6, 6.07) is 24.3. The molecule has 0 spiro atoms. The topological polar surface area (TPSA) is 70.7 Å². The highest BCUT2D eigenvalue weighted by atomic mass is 32.1. The molecule has 0 unspecified atom stereocenters. The molecule has 0 saturated heterocycles. The number of anilines is 2. The second-order valence-electron chi connectivity index (χ2n) is 7.12. The van der Waals surface area contributed by atoms with Gasteiger partial charge >= 0.3 is 0 Å². The number of rotatable bonds is 7. The lowest BCUT2D eigenvalue weighted by Crippen LogP contribution is -2.34. The van der Waals surface area contributed by atoms with E-state index >= 15 is 0 Å². The van der Waals surface area contributed by atoms with Crippen LogP contribution in [-0.2, 0) is 11.2 Å². The van der Waals surface area contributed by atoms with Gasteiger partial charge < -0.3 is 15.0 Å². The second kappa shape index (κ2) is 11.1. The predicted octanol–water partition coefficient (Wildman–Crippen LogP) is 4.42. The van der Waals surface area contributed by atoms with Crippen molar-refractivity contribution in [2.24, 2.45) is 0 Å². The number of para-hydroxylation sites is 1. The van der Waals surface area contributed by atoms with Gasteiger partial charge in [-0.25, -0.2) is 0 Å². The number of ether oxygens (including phenoxy) is 1. The van der Waals surface area contributed by atoms with Crippen molar-refractivity contribution in [2.45, 2.75) is 13.3 Å². The van der Waals surface area contributed by atoms with Gasteiger partial charge in [-0.3, -0.25) is 14.9 Å². The molecule has 3 rings (SSSR count). The van der Waals surface area contributed by atoms with E-state index in [1.54, 1.807) is 43.4 Å². The highest BCUT2D eigenvalue weighted by Crippen LogP contribution is 2.20. The van der Waals surface area contributed by atoms with Crippen molar-refractivity contribution in [3.63, 3.8) is 0 Å². The molecule has 3 aromatic carbocycles. The maximum Gasteiger partial charge on any atom is 0.261 e. The summed E-state index contributed by atoms with van der Waals surface area (Å²) < 4.78 is 5.86. The van der Waals surface area contributed by atoms with Gasteiger partial charge in [-0.15, -0.1) is 0 Å². The van der Waals surface area contributed by atoms with E-state index in [9.17, 15) is 9.59 Å². The standard InChI is InChI=1S/C25H25N3O3S/c1-18(29)28(2)21-12-8-11-20(17-21)26-25(32)27-24(30)22-13-6-7-14-23(22)31-16-15-19-9-4-3-5-10-19/h3-14,17H,15-16H2,1-2H3,(H2,26,27,30,32). The minimum Gasteiger partial charge on any atom is -0.492 e. The van der Waals surface area contributed by atoms with Crippen LogP contribution >= 0.6 is 12.2 Å². The van der Waals surface area contributed by atoms with E-state index in [2.05, 4.69) is 10.6 Å². The molecule has 0 bridgehead atoms. The number of amides is 2. The Hall–Kier alpha value is -3.71. The van der Waals surface area contributed by atoms with Crippen LogP contribution in [0, 0.1) is 0 Å². The molecule has 2 amide bonds. The monoisotopic (exact) mass is 447 g/mol.